The maximum absolute atomic E-state index is 11.4. The number of likely N-dealkylation sites (N-methyl/N-ethyl adjacent to an activating group) is 1. The minimum absolute atomic E-state index is 0.298. The lowest BCUT2D eigenvalue weighted by molar-refractivity contribution is -0.148. The maximum Gasteiger partial charge on any atom is 0.327 e. The molecule has 1 aliphatic rings. The molecule has 0 bridgehead atoms. The van der Waals surface area contributed by atoms with Crippen molar-refractivity contribution in [1.29, 1.82) is 0 Å². The van der Waals surface area contributed by atoms with Gasteiger partial charge in [-0.1, -0.05) is 0 Å². The van der Waals surface area contributed by atoms with Crippen LogP contribution in [-0.4, -0.2) is 38.2 Å². The van der Waals surface area contributed by atoms with Crippen molar-refractivity contribution in [3.63, 3.8) is 0 Å². The van der Waals surface area contributed by atoms with Gasteiger partial charge in [0.2, 0.25) is 11.3 Å². The van der Waals surface area contributed by atoms with E-state index in [0.29, 0.717) is 19.4 Å². The number of rotatable bonds is 4. The highest BCUT2D eigenvalue weighted by Crippen LogP contribution is 2.42. The molecule has 0 aromatic heterocycles. The predicted molar refractivity (Wildman–Crippen MR) is 47.1 cm³/mol. The van der Waals surface area contributed by atoms with E-state index in [2.05, 4.69) is 0 Å². The number of esters is 1. The van der Waals surface area contributed by atoms with E-state index < -0.39 is 22.8 Å². The van der Waals surface area contributed by atoms with Crippen molar-refractivity contribution in [3.05, 3.63) is 0 Å². The van der Waals surface area contributed by atoms with E-state index in [1.165, 1.54) is 7.05 Å². The summed E-state index contributed by atoms with van der Waals surface area (Å²) in [5.41, 5.74) is -0.838. The van der Waals surface area contributed by atoms with Crippen molar-refractivity contribution in [3.8, 4) is 0 Å². The van der Waals surface area contributed by atoms with Crippen molar-refractivity contribution in [2.24, 2.45) is 0 Å². The number of nitrogens with zero attached hydrogens (tertiary/aromatic N) is 1. The standard InChI is InChI=1S/C7H13NO4S/c1-3-12-6(9)7(4-5-7)8(2)13(10)11/h3-5H2,1-2H3,(H,10,11). The number of carbonyl (C=O) groups excluding carboxylic acids is 1. The highest BCUT2D eigenvalue weighted by atomic mass is 32.2. The first kappa shape index (κ1) is 10.6. The zero-order valence-electron chi connectivity index (χ0n) is 7.65. The van der Waals surface area contributed by atoms with Crippen LogP contribution in [0.5, 0.6) is 0 Å². The third kappa shape index (κ3) is 1.90. The van der Waals surface area contributed by atoms with E-state index in [4.69, 9.17) is 9.29 Å². The molecule has 76 valence electrons. The summed E-state index contributed by atoms with van der Waals surface area (Å²) < 4.78 is 25.5. The molecule has 0 heterocycles. The molecular formula is C7H13NO4S. The third-order valence-electron chi connectivity index (χ3n) is 2.22. The van der Waals surface area contributed by atoms with Gasteiger partial charge in [0.25, 0.3) is 0 Å². The summed E-state index contributed by atoms with van der Waals surface area (Å²) in [6.45, 7) is 2.01. The smallest absolute Gasteiger partial charge is 0.327 e. The van der Waals surface area contributed by atoms with Gasteiger partial charge in [-0.3, -0.25) is 9.35 Å². The van der Waals surface area contributed by atoms with Crippen LogP contribution in [0.25, 0.3) is 0 Å². The minimum atomic E-state index is -2.11. The van der Waals surface area contributed by atoms with Gasteiger partial charge in [-0.25, -0.2) is 4.21 Å². The first-order valence-electron chi connectivity index (χ1n) is 4.06. The van der Waals surface area contributed by atoms with Crippen LogP contribution in [0.15, 0.2) is 0 Å². The van der Waals surface area contributed by atoms with E-state index in [9.17, 15) is 9.00 Å². The third-order valence-corrected chi connectivity index (χ3v) is 3.03. The van der Waals surface area contributed by atoms with Gasteiger partial charge in [-0.05, 0) is 19.8 Å². The number of ether oxygens (including phenoxy) is 1. The lowest BCUT2D eigenvalue weighted by atomic mass is 10.3. The largest absolute Gasteiger partial charge is 0.465 e. The molecule has 0 amide bonds. The van der Waals surface area contributed by atoms with E-state index in [1.54, 1.807) is 6.92 Å². The Morgan fingerprint density at radius 3 is 2.54 bits per heavy atom. The zero-order valence-corrected chi connectivity index (χ0v) is 8.47. The molecule has 0 aliphatic heterocycles. The molecule has 1 unspecified atom stereocenters. The monoisotopic (exact) mass is 207 g/mol. The topological polar surface area (TPSA) is 66.8 Å². The molecule has 1 fully saturated rings. The van der Waals surface area contributed by atoms with Crippen LogP contribution in [0, 0.1) is 0 Å². The highest BCUT2D eigenvalue weighted by Gasteiger charge is 2.56. The van der Waals surface area contributed by atoms with Crippen molar-refractivity contribution in [1.82, 2.24) is 4.31 Å². The molecule has 5 nitrogen and oxygen atoms in total. The van der Waals surface area contributed by atoms with E-state index >= 15 is 0 Å². The van der Waals surface area contributed by atoms with Crippen molar-refractivity contribution in [2.75, 3.05) is 13.7 Å². The van der Waals surface area contributed by atoms with Gasteiger partial charge in [0, 0.05) is 7.05 Å². The Labute approximate surface area is 79.5 Å². The van der Waals surface area contributed by atoms with E-state index in [0.717, 1.165) is 4.31 Å². The van der Waals surface area contributed by atoms with Gasteiger partial charge in [0.1, 0.15) is 5.54 Å². The van der Waals surface area contributed by atoms with E-state index in [-0.39, 0.29) is 0 Å². The fourth-order valence-corrected chi connectivity index (χ4v) is 1.74. The van der Waals surface area contributed by atoms with Crippen LogP contribution in [0.3, 0.4) is 0 Å². The second-order valence-electron chi connectivity index (χ2n) is 2.98. The van der Waals surface area contributed by atoms with Crippen molar-refractivity contribution < 1.29 is 18.3 Å². The molecule has 1 saturated carbocycles. The Kier molecular flexibility index (Phi) is 3.05. The van der Waals surface area contributed by atoms with Crippen LogP contribution < -0.4 is 0 Å². The first-order chi connectivity index (χ1) is 6.04. The molecule has 0 aromatic rings. The second kappa shape index (κ2) is 3.73. The van der Waals surface area contributed by atoms with Gasteiger partial charge in [0.15, 0.2) is 0 Å². The summed E-state index contributed by atoms with van der Waals surface area (Å²) in [6, 6.07) is 0. The molecule has 13 heavy (non-hydrogen) atoms. The number of hydrogen-bond donors (Lipinski definition) is 1. The van der Waals surface area contributed by atoms with E-state index in [1.807, 2.05) is 0 Å². The van der Waals surface area contributed by atoms with Crippen LogP contribution in [0.4, 0.5) is 0 Å². The molecule has 1 atom stereocenters. The molecule has 6 heteroatoms. The fourth-order valence-electron chi connectivity index (χ4n) is 1.18. The second-order valence-corrected chi connectivity index (χ2v) is 3.99. The first-order valence-corrected chi connectivity index (χ1v) is 5.13. The SMILES string of the molecule is CCOC(=O)C1(N(C)S(=O)O)CC1. The lowest BCUT2D eigenvalue weighted by Crippen LogP contribution is -2.42. The Hall–Kier alpha value is -0.460. The zero-order chi connectivity index (χ0) is 10.1. The highest BCUT2D eigenvalue weighted by molar-refractivity contribution is 7.76. The van der Waals surface area contributed by atoms with Crippen molar-refractivity contribution in [2.45, 2.75) is 25.3 Å². The summed E-state index contributed by atoms with van der Waals surface area (Å²) in [7, 11) is 1.44. The molecule has 0 saturated heterocycles. The van der Waals surface area contributed by atoms with Crippen LogP contribution in [-0.2, 0) is 20.8 Å². The van der Waals surface area contributed by atoms with Crippen molar-refractivity contribution >= 4 is 17.2 Å². The van der Waals surface area contributed by atoms with Gasteiger partial charge in [0.05, 0.1) is 6.61 Å². The summed E-state index contributed by atoms with van der Waals surface area (Å²) in [4.78, 5) is 11.4. The normalized spacial score (nSPS) is 21.2. The quantitative estimate of drug-likeness (QED) is 0.526. The van der Waals surface area contributed by atoms with Gasteiger partial charge >= 0.3 is 5.97 Å². The Morgan fingerprint density at radius 1 is 1.69 bits per heavy atom. The van der Waals surface area contributed by atoms with Crippen LogP contribution in [0.2, 0.25) is 0 Å². The number of carbonyl (C=O) groups is 1. The number of hydrogen-bond acceptors (Lipinski definition) is 3. The average Bonchev–Trinajstić information content (AvgIpc) is 2.83. The van der Waals surface area contributed by atoms with Crippen LogP contribution >= 0.6 is 0 Å². The molecule has 1 rings (SSSR count). The van der Waals surface area contributed by atoms with Gasteiger partial charge < -0.3 is 4.74 Å². The van der Waals surface area contributed by atoms with Crippen LogP contribution in [0.1, 0.15) is 19.8 Å². The average molecular weight is 207 g/mol. The summed E-state index contributed by atoms with van der Waals surface area (Å²) in [5, 5.41) is 0. The Morgan fingerprint density at radius 2 is 2.23 bits per heavy atom. The predicted octanol–water partition coefficient (Wildman–Crippen LogP) is 0.151. The Balaban J connectivity index is 2.66. The molecule has 0 radical (unpaired) electrons. The molecule has 0 spiro atoms. The molecule has 0 aromatic carbocycles. The van der Waals surface area contributed by atoms with Gasteiger partial charge in [-0.2, -0.15) is 4.31 Å². The summed E-state index contributed by atoms with van der Waals surface area (Å²) in [5.74, 6) is -0.403. The minimum Gasteiger partial charge on any atom is -0.465 e. The summed E-state index contributed by atoms with van der Waals surface area (Å²) >= 11 is -2.11. The lowest BCUT2D eigenvalue weighted by Gasteiger charge is -2.21. The summed E-state index contributed by atoms with van der Waals surface area (Å²) in [6.07, 6.45) is 1.18. The fraction of sp³-hybridized carbons (Fsp3) is 0.857. The molecular weight excluding hydrogens is 194 g/mol. The van der Waals surface area contributed by atoms with Gasteiger partial charge in [-0.15, -0.1) is 0 Å². The Bertz CT molecular complexity index is 239. The molecule has 1 N–H and O–H groups in total. The maximum atomic E-state index is 11.4. The molecule has 1 aliphatic carbocycles.